The lowest BCUT2D eigenvalue weighted by Gasteiger charge is -2.09. The number of fused-ring (bicyclic) bond motifs is 1. The van der Waals surface area contributed by atoms with Gasteiger partial charge in [-0.3, -0.25) is 10.1 Å². The molecule has 2 heterocycles. The van der Waals surface area contributed by atoms with Crippen LogP contribution >= 0.6 is 11.3 Å². The van der Waals surface area contributed by atoms with Crippen LogP contribution in [-0.2, 0) is 11.2 Å². The summed E-state index contributed by atoms with van der Waals surface area (Å²) in [6, 6.07) is 7.60. The molecule has 6 nitrogen and oxygen atoms in total. The van der Waals surface area contributed by atoms with Crippen molar-refractivity contribution in [3.63, 3.8) is 0 Å². The minimum atomic E-state index is -0.539. The summed E-state index contributed by atoms with van der Waals surface area (Å²) in [5.74, 6) is 0.520. The topological polar surface area (TPSA) is 83.8 Å². The largest absolute Gasteiger partial charge is 0.480 e. The SMILES string of the molecule is CC(=NO)c1csc(NC(=O)C2Cc3ccccc3O2)n1. The van der Waals surface area contributed by atoms with Crippen molar-refractivity contribution >= 4 is 28.1 Å². The number of hydrogen-bond donors (Lipinski definition) is 2. The fourth-order valence-electron chi connectivity index (χ4n) is 2.06. The molecule has 1 aliphatic heterocycles. The molecular weight excluding hydrogens is 290 g/mol. The van der Waals surface area contributed by atoms with Gasteiger partial charge in [0.2, 0.25) is 0 Å². The van der Waals surface area contributed by atoms with Gasteiger partial charge in [0.1, 0.15) is 17.2 Å². The maximum atomic E-state index is 12.2. The minimum Gasteiger partial charge on any atom is -0.480 e. The van der Waals surface area contributed by atoms with Gasteiger partial charge in [0.25, 0.3) is 5.91 Å². The number of carbonyl (C=O) groups is 1. The molecule has 1 aromatic heterocycles. The Morgan fingerprint density at radius 3 is 3.10 bits per heavy atom. The quantitative estimate of drug-likeness (QED) is 0.517. The second-order valence-corrected chi connectivity index (χ2v) is 5.49. The number of anilines is 1. The number of amides is 1. The Kier molecular flexibility index (Phi) is 3.57. The third-order valence-corrected chi connectivity index (χ3v) is 3.95. The van der Waals surface area contributed by atoms with Gasteiger partial charge in [-0.15, -0.1) is 11.3 Å². The van der Waals surface area contributed by atoms with Gasteiger partial charge in [-0.2, -0.15) is 0 Å². The van der Waals surface area contributed by atoms with E-state index >= 15 is 0 Å². The second-order valence-electron chi connectivity index (χ2n) is 4.63. The number of carbonyl (C=O) groups excluding carboxylic acids is 1. The van der Waals surface area contributed by atoms with Crippen molar-refractivity contribution < 1.29 is 14.7 Å². The summed E-state index contributed by atoms with van der Waals surface area (Å²) in [5.41, 5.74) is 1.96. The van der Waals surface area contributed by atoms with E-state index in [9.17, 15) is 4.79 Å². The van der Waals surface area contributed by atoms with Crippen LogP contribution in [-0.4, -0.2) is 27.9 Å². The standard InChI is InChI=1S/C14H13N3O3S/c1-8(17-19)10-7-21-14(15-10)16-13(18)12-6-9-4-2-3-5-11(9)20-12/h2-5,7,12,19H,6H2,1H3,(H,15,16,18). The van der Waals surface area contributed by atoms with Gasteiger partial charge in [0, 0.05) is 11.8 Å². The van der Waals surface area contributed by atoms with E-state index in [1.807, 2.05) is 24.3 Å². The fourth-order valence-corrected chi connectivity index (χ4v) is 2.82. The van der Waals surface area contributed by atoms with Crippen LogP contribution in [0.5, 0.6) is 5.75 Å². The number of oxime groups is 1. The van der Waals surface area contributed by atoms with Crippen molar-refractivity contribution in [2.24, 2.45) is 5.16 Å². The fraction of sp³-hybridized carbons (Fsp3) is 0.214. The molecule has 2 N–H and O–H groups in total. The first-order valence-corrected chi connectivity index (χ1v) is 7.25. The molecule has 1 aliphatic rings. The maximum absolute atomic E-state index is 12.2. The minimum absolute atomic E-state index is 0.231. The smallest absolute Gasteiger partial charge is 0.267 e. The molecule has 108 valence electrons. The first-order valence-electron chi connectivity index (χ1n) is 6.37. The van der Waals surface area contributed by atoms with E-state index in [1.54, 1.807) is 12.3 Å². The number of rotatable bonds is 3. The zero-order valence-corrected chi connectivity index (χ0v) is 12.1. The number of thiazole rings is 1. The Balaban J connectivity index is 1.67. The van der Waals surface area contributed by atoms with Crippen molar-refractivity contribution in [3.8, 4) is 5.75 Å². The van der Waals surface area contributed by atoms with Crippen molar-refractivity contribution in [2.45, 2.75) is 19.4 Å². The van der Waals surface area contributed by atoms with Crippen LogP contribution in [0.2, 0.25) is 0 Å². The summed E-state index contributed by atoms with van der Waals surface area (Å²) >= 11 is 1.27. The molecule has 0 spiro atoms. The average Bonchev–Trinajstić information content (AvgIpc) is 3.12. The molecule has 0 saturated heterocycles. The highest BCUT2D eigenvalue weighted by Gasteiger charge is 2.29. The molecule has 3 rings (SSSR count). The molecule has 0 fully saturated rings. The molecule has 21 heavy (non-hydrogen) atoms. The van der Waals surface area contributed by atoms with E-state index in [2.05, 4.69) is 15.5 Å². The zero-order chi connectivity index (χ0) is 14.8. The monoisotopic (exact) mass is 303 g/mol. The predicted molar refractivity (Wildman–Crippen MR) is 79.3 cm³/mol. The first kappa shape index (κ1) is 13.6. The average molecular weight is 303 g/mol. The lowest BCUT2D eigenvalue weighted by Crippen LogP contribution is -2.31. The highest BCUT2D eigenvalue weighted by molar-refractivity contribution is 7.14. The highest BCUT2D eigenvalue weighted by atomic mass is 32.1. The Labute approximate surface area is 125 Å². The van der Waals surface area contributed by atoms with E-state index < -0.39 is 6.10 Å². The number of para-hydroxylation sites is 1. The number of nitrogens with one attached hydrogen (secondary N) is 1. The van der Waals surface area contributed by atoms with Crippen LogP contribution in [0.1, 0.15) is 18.2 Å². The number of aromatic nitrogens is 1. The number of ether oxygens (including phenoxy) is 1. The molecule has 0 saturated carbocycles. The lowest BCUT2D eigenvalue weighted by atomic mass is 10.1. The molecule has 1 amide bonds. The van der Waals surface area contributed by atoms with Crippen LogP contribution in [0.15, 0.2) is 34.8 Å². The van der Waals surface area contributed by atoms with Crippen LogP contribution in [0.25, 0.3) is 0 Å². The van der Waals surface area contributed by atoms with E-state index in [1.165, 1.54) is 11.3 Å². The van der Waals surface area contributed by atoms with Crippen LogP contribution in [0, 0.1) is 0 Å². The van der Waals surface area contributed by atoms with Gasteiger partial charge in [-0.25, -0.2) is 4.98 Å². The van der Waals surface area contributed by atoms with E-state index in [0.29, 0.717) is 23.0 Å². The van der Waals surface area contributed by atoms with Crippen LogP contribution in [0.4, 0.5) is 5.13 Å². The number of benzene rings is 1. The molecule has 0 aliphatic carbocycles. The Bertz CT molecular complexity index is 686. The van der Waals surface area contributed by atoms with Gasteiger partial charge >= 0.3 is 0 Å². The van der Waals surface area contributed by atoms with Gasteiger partial charge in [0.05, 0.1) is 0 Å². The third-order valence-electron chi connectivity index (χ3n) is 3.19. The Morgan fingerprint density at radius 2 is 2.33 bits per heavy atom. The summed E-state index contributed by atoms with van der Waals surface area (Å²) in [5, 5.41) is 16.7. The van der Waals surface area contributed by atoms with E-state index in [-0.39, 0.29) is 5.91 Å². The highest BCUT2D eigenvalue weighted by Crippen LogP contribution is 2.29. The summed E-state index contributed by atoms with van der Waals surface area (Å²) in [6.07, 6.45) is 0.0135. The Hall–Kier alpha value is -2.41. The molecule has 1 atom stereocenters. The Morgan fingerprint density at radius 1 is 1.52 bits per heavy atom. The zero-order valence-electron chi connectivity index (χ0n) is 11.2. The van der Waals surface area contributed by atoms with Crippen molar-refractivity contribution in [1.82, 2.24) is 4.98 Å². The molecular formula is C14H13N3O3S. The van der Waals surface area contributed by atoms with Crippen molar-refractivity contribution in [2.75, 3.05) is 5.32 Å². The van der Waals surface area contributed by atoms with E-state index in [4.69, 9.17) is 9.94 Å². The van der Waals surface area contributed by atoms with Crippen molar-refractivity contribution in [1.29, 1.82) is 0 Å². The number of nitrogens with zero attached hydrogens (tertiary/aromatic N) is 2. The molecule has 1 aromatic carbocycles. The molecule has 1 unspecified atom stereocenters. The second kappa shape index (κ2) is 5.53. The summed E-state index contributed by atoms with van der Waals surface area (Å²) in [6.45, 7) is 1.64. The van der Waals surface area contributed by atoms with Gasteiger partial charge in [-0.1, -0.05) is 23.4 Å². The number of hydrogen-bond acceptors (Lipinski definition) is 6. The van der Waals surface area contributed by atoms with Crippen molar-refractivity contribution in [3.05, 3.63) is 40.9 Å². The molecule has 2 aromatic rings. The van der Waals surface area contributed by atoms with Gasteiger partial charge < -0.3 is 9.94 Å². The normalized spacial score (nSPS) is 17.2. The maximum Gasteiger partial charge on any atom is 0.267 e. The summed E-state index contributed by atoms with van der Waals surface area (Å²) in [7, 11) is 0. The first-order chi connectivity index (χ1) is 10.2. The summed E-state index contributed by atoms with van der Waals surface area (Å²) < 4.78 is 5.62. The third kappa shape index (κ3) is 2.73. The van der Waals surface area contributed by atoms with Gasteiger partial charge in [-0.05, 0) is 18.6 Å². The van der Waals surface area contributed by atoms with E-state index in [0.717, 1.165) is 11.3 Å². The lowest BCUT2D eigenvalue weighted by molar-refractivity contribution is -0.122. The molecule has 0 bridgehead atoms. The molecule has 0 radical (unpaired) electrons. The van der Waals surface area contributed by atoms with Crippen LogP contribution in [0.3, 0.4) is 0 Å². The van der Waals surface area contributed by atoms with Crippen LogP contribution < -0.4 is 10.1 Å². The summed E-state index contributed by atoms with van der Waals surface area (Å²) in [4.78, 5) is 16.4. The predicted octanol–water partition coefficient (Wildman–Crippen LogP) is 2.28. The van der Waals surface area contributed by atoms with Gasteiger partial charge in [0.15, 0.2) is 11.2 Å². The molecule has 7 heteroatoms.